The van der Waals surface area contributed by atoms with Crippen molar-refractivity contribution in [3.8, 4) is 34.9 Å². The summed E-state index contributed by atoms with van der Waals surface area (Å²) in [7, 11) is 0. The lowest BCUT2D eigenvalue weighted by Gasteiger charge is -2.12. The molecule has 3 heteroatoms. The van der Waals surface area contributed by atoms with Crippen molar-refractivity contribution in [2.24, 2.45) is 11.5 Å². The average molecular weight is 327 g/mol. The maximum atomic E-state index is 5.75. The van der Waals surface area contributed by atoms with Gasteiger partial charge in [-0.15, -0.1) is 6.42 Å². The summed E-state index contributed by atoms with van der Waals surface area (Å²) in [5.41, 5.74) is 19.2. The Morgan fingerprint density at radius 1 is 0.880 bits per heavy atom. The summed E-state index contributed by atoms with van der Waals surface area (Å²) in [4.78, 5) is 4.85. The molecule has 0 saturated carbocycles. The van der Waals surface area contributed by atoms with Crippen molar-refractivity contribution in [1.29, 1.82) is 0 Å². The molecule has 0 aliphatic rings. The van der Waals surface area contributed by atoms with Gasteiger partial charge in [0.05, 0.1) is 17.0 Å². The fraction of sp³-hybridized carbons (Fsp3) is 0.136. The highest BCUT2D eigenvalue weighted by molar-refractivity contribution is 5.73. The maximum Gasteiger partial charge on any atom is 0.0868 e. The molecule has 4 N–H and O–H groups in total. The van der Waals surface area contributed by atoms with Crippen LogP contribution >= 0.6 is 0 Å². The molecular weight excluding hydrogens is 306 g/mol. The molecule has 3 rings (SSSR count). The van der Waals surface area contributed by atoms with Crippen LogP contribution < -0.4 is 11.5 Å². The highest BCUT2D eigenvalue weighted by atomic mass is 14.7. The van der Waals surface area contributed by atoms with E-state index in [0.717, 1.165) is 44.8 Å². The third-order valence-corrected chi connectivity index (χ3v) is 4.31. The molecular formula is C22H21N3. The summed E-state index contributed by atoms with van der Waals surface area (Å²) >= 11 is 0. The summed E-state index contributed by atoms with van der Waals surface area (Å²) in [5, 5.41) is 0. The minimum Gasteiger partial charge on any atom is -0.326 e. The van der Waals surface area contributed by atoms with Crippen LogP contribution in [-0.4, -0.2) is 4.98 Å². The fourth-order valence-electron chi connectivity index (χ4n) is 2.82. The van der Waals surface area contributed by atoms with E-state index < -0.39 is 0 Å². The van der Waals surface area contributed by atoms with Gasteiger partial charge in [0.2, 0.25) is 0 Å². The van der Waals surface area contributed by atoms with Crippen molar-refractivity contribution in [2.45, 2.75) is 20.0 Å². The largest absolute Gasteiger partial charge is 0.326 e. The zero-order valence-corrected chi connectivity index (χ0v) is 14.3. The third-order valence-electron chi connectivity index (χ3n) is 4.31. The van der Waals surface area contributed by atoms with Crippen molar-refractivity contribution in [3.63, 3.8) is 0 Å². The number of hydrogen-bond donors (Lipinski definition) is 2. The molecule has 0 bridgehead atoms. The molecule has 0 spiro atoms. The standard InChI is InChI=1S/C22H21N3/c1-3-20-15(2)12-21(18-8-4-16(13-23)5-9-18)25-22(20)19-10-6-17(14-24)7-11-19/h1,4-12H,13-14,23-24H2,2H3. The van der Waals surface area contributed by atoms with E-state index in [1.54, 1.807) is 0 Å². The molecule has 3 aromatic rings. The normalized spacial score (nSPS) is 10.5. The molecule has 25 heavy (non-hydrogen) atoms. The first kappa shape index (κ1) is 16.9. The van der Waals surface area contributed by atoms with Crippen LogP contribution in [0.1, 0.15) is 22.3 Å². The predicted molar refractivity (Wildman–Crippen MR) is 104 cm³/mol. The molecule has 124 valence electrons. The highest BCUT2D eigenvalue weighted by Crippen LogP contribution is 2.29. The van der Waals surface area contributed by atoms with Crippen LogP contribution in [-0.2, 0) is 13.1 Å². The zero-order chi connectivity index (χ0) is 17.8. The van der Waals surface area contributed by atoms with Gasteiger partial charge >= 0.3 is 0 Å². The van der Waals surface area contributed by atoms with Crippen LogP contribution in [0.15, 0.2) is 54.6 Å². The molecule has 0 radical (unpaired) electrons. The summed E-state index contributed by atoms with van der Waals surface area (Å²) < 4.78 is 0. The van der Waals surface area contributed by atoms with Crippen LogP contribution in [0.3, 0.4) is 0 Å². The van der Waals surface area contributed by atoms with E-state index in [4.69, 9.17) is 22.9 Å². The maximum absolute atomic E-state index is 5.75. The molecule has 0 fully saturated rings. The monoisotopic (exact) mass is 327 g/mol. The molecule has 1 heterocycles. The second-order valence-electron chi connectivity index (χ2n) is 5.99. The first-order valence-corrected chi connectivity index (χ1v) is 8.23. The summed E-state index contributed by atoms with van der Waals surface area (Å²) in [6, 6.07) is 18.2. The Hall–Kier alpha value is -2.93. The van der Waals surface area contributed by atoms with Crippen molar-refractivity contribution < 1.29 is 0 Å². The van der Waals surface area contributed by atoms with E-state index in [2.05, 4.69) is 5.92 Å². The molecule has 0 aliphatic heterocycles. The Labute approximate surface area is 148 Å². The number of pyridine rings is 1. The van der Waals surface area contributed by atoms with E-state index in [1.165, 1.54) is 0 Å². The molecule has 0 atom stereocenters. The summed E-state index contributed by atoms with van der Waals surface area (Å²) in [6.07, 6.45) is 5.75. The lowest BCUT2D eigenvalue weighted by Crippen LogP contribution is -1.99. The molecule has 2 aromatic carbocycles. The van der Waals surface area contributed by atoms with Gasteiger partial charge in [0, 0.05) is 24.2 Å². The van der Waals surface area contributed by atoms with Crippen LogP contribution in [0.2, 0.25) is 0 Å². The minimum atomic E-state index is 0.516. The van der Waals surface area contributed by atoms with E-state index >= 15 is 0 Å². The Morgan fingerprint density at radius 2 is 1.40 bits per heavy atom. The molecule has 0 unspecified atom stereocenters. The Kier molecular flexibility index (Phi) is 4.95. The topological polar surface area (TPSA) is 64.9 Å². The number of aromatic nitrogens is 1. The first-order valence-electron chi connectivity index (χ1n) is 8.23. The van der Waals surface area contributed by atoms with E-state index in [-0.39, 0.29) is 0 Å². The van der Waals surface area contributed by atoms with Gasteiger partial charge in [-0.25, -0.2) is 4.98 Å². The molecule has 1 aromatic heterocycles. The average Bonchev–Trinajstić information content (AvgIpc) is 2.67. The number of hydrogen-bond acceptors (Lipinski definition) is 3. The second-order valence-corrected chi connectivity index (χ2v) is 5.99. The van der Waals surface area contributed by atoms with Crippen molar-refractivity contribution in [1.82, 2.24) is 4.98 Å². The number of nitrogens with two attached hydrogens (primary N) is 2. The molecule has 3 nitrogen and oxygen atoms in total. The first-order chi connectivity index (χ1) is 12.2. The third kappa shape index (κ3) is 3.46. The Morgan fingerprint density at radius 3 is 1.88 bits per heavy atom. The fourth-order valence-corrected chi connectivity index (χ4v) is 2.82. The summed E-state index contributed by atoms with van der Waals surface area (Å²) in [5.74, 6) is 2.78. The number of rotatable bonds is 4. The van der Waals surface area contributed by atoms with Crippen LogP contribution in [0, 0.1) is 19.3 Å². The van der Waals surface area contributed by atoms with E-state index in [0.29, 0.717) is 13.1 Å². The number of aryl methyl sites for hydroxylation is 1. The van der Waals surface area contributed by atoms with Gasteiger partial charge < -0.3 is 11.5 Å². The smallest absolute Gasteiger partial charge is 0.0868 e. The number of terminal acetylenes is 1. The molecule has 0 aliphatic carbocycles. The lowest BCUT2D eigenvalue weighted by molar-refractivity contribution is 1.07. The quantitative estimate of drug-likeness (QED) is 0.719. The van der Waals surface area contributed by atoms with E-state index in [9.17, 15) is 0 Å². The molecule has 0 amide bonds. The van der Waals surface area contributed by atoms with Gasteiger partial charge in [0.15, 0.2) is 0 Å². The van der Waals surface area contributed by atoms with Gasteiger partial charge in [-0.1, -0.05) is 54.5 Å². The lowest BCUT2D eigenvalue weighted by atomic mass is 9.98. The predicted octanol–water partition coefficient (Wildman–Crippen LogP) is 3.62. The minimum absolute atomic E-state index is 0.516. The summed E-state index contributed by atoms with van der Waals surface area (Å²) in [6.45, 7) is 3.07. The van der Waals surface area contributed by atoms with Gasteiger partial charge in [0.1, 0.15) is 0 Å². The SMILES string of the molecule is C#Cc1c(C)cc(-c2ccc(CN)cc2)nc1-c1ccc(CN)cc1. The van der Waals surface area contributed by atoms with Crippen LogP contribution in [0.5, 0.6) is 0 Å². The van der Waals surface area contributed by atoms with Gasteiger partial charge in [-0.3, -0.25) is 0 Å². The van der Waals surface area contributed by atoms with Crippen LogP contribution in [0.25, 0.3) is 22.5 Å². The Balaban J connectivity index is 2.12. The van der Waals surface area contributed by atoms with Gasteiger partial charge in [-0.2, -0.15) is 0 Å². The Bertz CT molecular complexity index is 917. The van der Waals surface area contributed by atoms with E-state index in [1.807, 2.05) is 61.5 Å². The second kappa shape index (κ2) is 7.31. The van der Waals surface area contributed by atoms with Gasteiger partial charge in [-0.05, 0) is 29.7 Å². The van der Waals surface area contributed by atoms with Crippen molar-refractivity contribution in [2.75, 3.05) is 0 Å². The van der Waals surface area contributed by atoms with Gasteiger partial charge in [0.25, 0.3) is 0 Å². The number of benzene rings is 2. The number of nitrogens with zero attached hydrogens (tertiary/aromatic N) is 1. The van der Waals surface area contributed by atoms with Crippen molar-refractivity contribution >= 4 is 0 Å². The highest BCUT2D eigenvalue weighted by Gasteiger charge is 2.12. The van der Waals surface area contributed by atoms with Crippen LogP contribution in [0.4, 0.5) is 0 Å². The zero-order valence-electron chi connectivity index (χ0n) is 14.3. The molecule has 0 saturated heterocycles. The van der Waals surface area contributed by atoms with Crippen molar-refractivity contribution in [3.05, 3.63) is 76.9 Å².